The average molecular weight is 1120 g/mol. The van der Waals surface area contributed by atoms with Crippen LogP contribution >= 0.6 is 22.7 Å². The molecular formula is C45H77N15O14S2. The van der Waals surface area contributed by atoms with Gasteiger partial charge in [0.25, 0.3) is 5.91 Å². The van der Waals surface area contributed by atoms with E-state index in [1.54, 1.807) is 11.6 Å². The third-order valence-corrected chi connectivity index (χ3v) is 15.6. The molecule has 31 heteroatoms. The number of aliphatic hydroxyl groups excluding tert-OH is 6. The Hall–Kier alpha value is -3.46. The smallest absolute Gasteiger partial charge is 0.270 e. The number of ether oxygens (including phenoxy) is 6. The molecule has 0 aromatic carbocycles. The molecule has 18 atom stereocenters. The van der Waals surface area contributed by atoms with E-state index >= 15 is 0 Å². The van der Waals surface area contributed by atoms with Gasteiger partial charge in [0.2, 0.25) is 5.91 Å². The Balaban J connectivity index is 0.946. The molecule has 428 valence electrons. The molecule has 23 N–H and O–H groups in total. The predicted molar refractivity (Wildman–Crippen MR) is 272 cm³/mol. The van der Waals surface area contributed by atoms with Crippen LogP contribution in [0.2, 0.25) is 0 Å². The summed E-state index contributed by atoms with van der Waals surface area (Å²) in [4.78, 5) is 34.8. The number of hydrogen-bond donors (Lipinski definition) is 16. The monoisotopic (exact) mass is 1120 g/mol. The van der Waals surface area contributed by atoms with Crippen LogP contribution in [0, 0.1) is 0 Å². The number of thiazole rings is 2. The van der Waals surface area contributed by atoms with Gasteiger partial charge in [0.1, 0.15) is 83.0 Å². The molecule has 29 nitrogen and oxygen atoms in total. The standard InChI is InChI=1S/C45H77N15O14S2/c46-7-1-2-8-53-9-3-10-55-40(68)24-18-76-41(57-24)25-19-75-30(56-25)6-11-54-29(61)5-4-22-16-60(59-58-22)17-28-38(73-43-32(52)36(65)34(63)27(15-48)71-43)37(66)44(72-28)74-45(13-21(49)12-23(50)39(45)67)20-69-42-31(51)35(64)33(62)26(14-47)70-42/h16,18-19,21,23,26-28,31-39,42-44,53,62-67H,1-15,17,20,46-52H2,(H,54,61)(H,55,68). The first kappa shape index (κ1) is 60.2. The number of nitrogens with one attached hydrogen (secondary N) is 3. The number of nitrogens with zero attached hydrogens (tertiary/aromatic N) is 5. The van der Waals surface area contributed by atoms with Crippen molar-refractivity contribution in [2.24, 2.45) is 40.1 Å². The highest BCUT2D eigenvalue weighted by Crippen LogP contribution is 2.39. The van der Waals surface area contributed by atoms with Crippen LogP contribution in [0.5, 0.6) is 0 Å². The molecule has 1 saturated carbocycles. The molecule has 0 spiro atoms. The second-order valence-electron chi connectivity index (χ2n) is 19.7. The van der Waals surface area contributed by atoms with E-state index in [1.165, 1.54) is 27.4 Å². The van der Waals surface area contributed by atoms with Gasteiger partial charge in [-0.1, -0.05) is 5.21 Å². The van der Waals surface area contributed by atoms with Crippen LogP contribution in [0.25, 0.3) is 10.7 Å². The summed E-state index contributed by atoms with van der Waals surface area (Å²) in [6, 6.07) is -4.15. The minimum atomic E-state index is -1.80. The lowest BCUT2D eigenvalue weighted by atomic mass is 9.77. The molecule has 3 saturated heterocycles. The summed E-state index contributed by atoms with van der Waals surface area (Å²) in [5.41, 5.74) is 42.0. The number of aliphatic hydroxyl groups is 6. The zero-order valence-electron chi connectivity index (χ0n) is 42.1. The van der Waals surface area contributed by atoms with Crippen molar-refractivity contribution in [3.8, 4) is 10.7 Å². The first-order chi connectivity index (χ1) is 36.4. The van der Waals surface area contributed by atoms with Gasteiger partial charge in [-0.05, 0) is 51.7 Å². The molecule has 76 heavy (non-hydrogen) atoms. The van der Waals surface area contributed by atoms with E-state index in [4.69, 9.17) is 68.6 Å². The molecule has 6 heterocycles. The van der Waals surface area contributed by atoms with Gasteiger partial charge in [0, 0.05) is 74.5 Å². The lowest BCUT2D eigenvalue weighted by Gasteiger charge is -2.48. The van der Waals surface area contributed by atoms with Crippen LogP contribution in [0.1, 0.15) is 59.7 Å². The number of carbonyl (C=O) groups is 2. The van der Waals surface area contributed by atoms with Crippen LogP contribution in [0.3, 0.4) is 0 Å². The molecule has 7 rings (SSSR count). The first-order valence-electron chi connectivity index (χ1n) is 25.6. The topological polar surface area (TPSA) is 486 Å². The fourth-order valence-electron chi connectivity index (χ4n) is 9.52. The van der Waals surface area contributed by atoms with E-state index in [0.29, 0.717) is 48.1 Å². The molecule has 4 aliphatic rings. The quantitative estimate of drug-likeness (QED) is 0.0316. The summed E-state index contributed by atoms with van der Waals surface area (Å²) in [6.07, 6.45) is -12.7. The first-order valence-corrected chi connectivity index (χ1v) is 27.4. The van der Waals surface area contributed by atoms with Crippen molar-refractivity contribution in [1.29, 1.82) is 0 Å². The molecule has 2 amide bonds. The Morgan fingerprint density at radius 3 is 2.20 bits per heavy atom. The summed E-state index contributed by atoms with van der Waals surface area (Å²) in [6.45, 7) is 2.19. The molecule has 4 fully saturated rings. The van der Waals surface area contributed by atoms with E-state index in [-0.39, 0.29) is 57.1 Å². The van der Waals surface area contributed by atoms with E-state index in [0.717, 1.165) is 37.4 Å². The number of amides is 2. The zero-order valence-corrected chi connectivity index (χ0v) is 43.7. The highest BCUT2D eigenvalue weighted by molar-refractivity contribution is 7.14. The molecule has 0 bridgehead atoms. The molecule has 3 aromatic rings. The highest BCUT2D eigenvalue weighted by Gasteiger charge is 2.56. The average Bonchev–Trinajstić information content (AvgIpc) is 4.25. The van der Waals surface area contributed by atoms with E-state index in [9.17, 15) is 40.2 Å². The summed E-state index contributed by atoms with van der Waals surface area (Å²) in [7, 11) is 0. The van der Waals surface area contributed by atoms with Gasteiger partial charge < -0.3 is 115 Å². The molecule has 3 aliphatic heterocycles. The second kappa shape index (κ2) is 28.1. The van der Waals surface area contributed by atoms with Crippen molar-refractivity contribution in [3.63, 3.8) is 0 Å². The molecule has 3 aromatic heterocycles. The van der Waals surface area contributed by atoms with Crippen molar-refractivity contribution in [3.05, 3.63) is 33.4 Å². The van der Waals surface area contributed by atoms with Crippen LogP contribution in [0.4, 0.5) is 0 Å². The number of carbonyl (C=O) groups excluding carboxylic acids is 2. The van der Waals surface area contributed by atoms with Crippen molar-refractivity contribution < 1.29 is 68.6 Å². The number of rotatable bonds is 27. The fourth-order valence-corrected chi connectivity index (χ4v) is 11.1. The Kier molecular flexibility index (Phi) is 22.3. The maximum absolute atomic E-state index is 13.0. The maximum atomic E-state index is 13.0. The number of nitrogens with two attached hydrogens (primary N) is 7. The predicted octanol–water partition coefficient (Wildman–Crippen LogP) is -6.88. The van der Waals surface area contributed by atoms with E-state index in [1.807, 2.05) is 5.38 Å². The third kappa shape index (κ3) is 15.1. The summed E-state index contributed by atoms with van der Waals surface area (Å²) in [5.74, 6) is -0.480. The van der Waals surface area contributed by atoms with Gasteiger partial charge in [0.15, 0.2) is 18.9 Å². The summed E-state index contributed by atoms with van der Waals surface area (Å²) < 4.78 is 38.2. The van der Waals surface area contributed by atoms with Gasteiger partial charge in [0.05, 0.1) is 35.9 Å². The van der Waals surface area contributed by atoms with Gasteiger partial charge in [-0.25, -0.2) is 14.6 Å². The Morgan fingerprint density at radius 1 is 0.776 bits per heavy atom. The SMILES string of the molecule is NCCCCNCCCNC(=O)c1csc(-c2csc(CCNC(=O)CCc3cn(CC4OC(OC5(COC6OC(CN)C(O)C(O)C6N)CC(N)CC(N)C5O)C(O)C4OC4OC(CN)C(O)C(O)C4N)nn3)n2)n1. The summed E-state index contributed by atoms with van der Waals surface area (Å²) >= 11 is 2.76. The van der Waals surface area contributed by atoms with Crippen molar-refractivity contribution >= 4 is 34.5 Å². The Bertz CT molecular complexity index is 2270. The van der Waals surface area contributed by atoms with E-state index < -0.39 is 116 Å². The minimum Gasteiger partial charge on any atom is -0.388 e. The highest BCUT2D eigenvalue weighted by atomic mass is 32.1. The molecule has 0 radical (unpaired) electrons. The number of aromatic nitrogens is 5. The fraction of sp³-hybridized carbons (Fsp3) is 0.778. The van der Waals surface area contributed by atoms with Gasteiger partial charge in [-0.2, -0.15) is 0 Å². The third-order valence-electron chi connectivity index (χ3n) is 13.9. The number of aryl methyl sites for hydroxylation is 1. The minimum absolute atomic E-state index is 0.0739. The van der Waals surface area contributed by atoms with Crippen molar-refractivity contribution in [1.82, 2.24) is 40.9 Å². The Labute approximate surface area is 446 Å². The second-order valence-corrected chi connectivity index (χ2v) is 21.5. The van der Waals surface area contributed by atoms with Crippen LogP contribution in [-0.2, 0) is 52.6 Å². The summed E-state index contributed by atoms with van der Waals surface area (Å²) in [5, 5.41) is 88.7. The van der Waals surface area contributed by atoms with E-state index in [2.05, 4.69) is 36.2 Å². The van der Waals surface area contributed by atoms with Gasteiger partial charge in [-0.15, -0.1) is 27.8 Å². The lowest BCUT2D eigenvalue weighted by molar-refractivity contribution is -0.309. The number of hydrogen-bond acceptors (Lipinski definition) is 28. The van der Waals surface area contributed by atoms with Gasteiger partial charge >= 0.3 is 0 Å². The molecular weight excluding hydrogens is 1040 g/mol. The maximum Gasteiger partial charge on any atom is 0.270 e. The largest absolute Gasteiger partial charge is 0.388 e. The van der Waals surface area contributed by atoms with Gasteiger partial charge in [-0.3, -0.25) is 9.59 Å². The van der Waals surface area contributed by atoms with Crippen LogP contribution < -0.4 is 56.1 Å². The van der Waals surface area contributed by atoms with Crippen molar-refractivity contribution in [2.45, 2.75) is 168 Å². The van der Waals surface area contributed by atoms with Crippen LogP contribution in [0.15, 0.2) is 17.0 Å². The lowest BCUT2D eigenvalue weighted by Crippen LogP contribution is -2.67. The normalized spacial score (nSPS) is 34.9. The van der Waals surface area contributed by atoms with Crippen molar-refractivity contribution in [2.75, 3.05) is 52.4 Å². The molecule has 1 aliphatic carbocycles. The molecule has 18 unspecified atom stereocenters. The van der Waals surface area contributed by atoms with Crippen LogP contribution in [-0.4, -0.2) is 230 Å². The number of unbranched alkanes of at least 4 members (excludes halogenated alkanes) is 1. The zero-order chi connectivity index (χ0) is 54.7. The Morgan fingerprint density at radius 2 is 1.47 bits per heavy atom.